The van der Waals surface area contributed by atoms with E-state index in [9.17, 15) is 4.39 Å². The van der Waals surface area contributed by atoms with Crippen molar-refractivity contribution >= 4 is 15.9 Å². The lowest BCUT2D eigenvalue weighted by molar-refractivity contribution is 0.159. The summed E-state index contributed by atoms with van der Waals surface area (Å²) in [5.41, 5.74) is 0.845. The lowest BCUT2D eigenvalue weighted by Crippen LogP contribution is -2.45. The third-order valence-electron chi connectivity index (χ3n) is 3.99. The van der Waals surface area contributed by atoms with Crippen molar-refractivity contribution in [1.82, 2.24) is 10.2 Å². The van der Waals surface area contributed by atoms with Gasteiger partial charge in [0.15, 0.2) is 0 Å². The van der Waals surface area contributed by atoms with Gasteiger partial charge in [-0.05, 0) is 24.6 Å². The molecule has 0 unspecified atom stereocenters. The minimum absolute atomic E-state index is 0.0757. The van der Waals surface area contributed by atoms with E-state index < -0.39 is 0 Å². The van der Waals surface area contributed by atoms with Crippen LogP contribution in [-0.2, 0) is 0 Å². The van der Waals surface area contributed by atoms with Gasteiger partial charge >= 0.3 is 0 Å². The summed E-state index contributed by atoms with van der Waals surface area (Å²) in [6.45, 7) is 6.21. The van der Waals surface area contributed by atoms with Crippen molar-refractivity contribution in [2.45, 2.75) is 38.6 Å². The Balaban J connectivity index is 2.17. The van der Waals surface area contributed by atoms with Gasteiger partial charge in [0.1, 0.15) is 5.82 Å². The standard InChI is InChI=1S/C16H24BrFN2/c1-2-3-4-5-16(20-10-8-19-9-11-20)14-12-13(17)6-7-15(14)18/h6-7,12,16,19H,2-5,8-11H2,1H3/t16-/m1/s1. The molecule has 1 heterocycles. The van der Waals surface area contributed by atoms with Crippen LogP contribution < -0.4 is 5.32 Å². The summed E-state index contributed by atoms with van der Waals surface area (Å²) in [5, 5.41) is 3.37. The van der Waals surface area contributed by atoms with Crippen LogP contribution in [0.3, 0.4) is 0 Å². The molecule has 1 fully saturated rings. The van der Waals surface area contributed by atoms with Crippen LogP contribution in [0.5, 0.6) is 0 Å². The molecule has 1 saturated heterocycles. The monoisotopic (exact) mass is 342 g/mol. The molecular formula is C16H24BrFN2. The number of rotatable bonds is 6. The molecule has 4 heteroatoms. The van der Waals surface area contributed by atoms with Gasteiger partial charge in [0.05, 0.1) is 0 Å². The molecule has 0 saturated carbocycles. The van der Waals surface area contributed by atoms with E-state index in [1.165, 1.54) is 12.8 Å². The molecule has 1 aliphatic rings. The topological polar surface area (TPSA) is 15.3 Å². The third-order valence-corrected chi connectivity index (χ3v) is 4.48. The van der Waals surface area contributed by atoms with Gasteiger partial charge in [0.2, 0.25) is 0 Å². The molecule has 0 amide bonds. The molecule has 112 valence electrons. The summed E-state index contributed by atoms with van der Waals surface area (Å²) in [6, 6.07) is 5.52. The molecule has 2 nitrogen and oxygen atoms in total. The van der Waals surface area contributed by atoms with E-state index in [-0.39, 0.29) is 11.9 Å². The van der Waals surface area contributed by atoms with Gasteiger partial charge in [0.25, 0.3) is 0 Å². The van der Waals surface area contributed by atoms with Gasteiger partial charge < -0.3 is 5.32 Å². The molecule has 0 aliphatic carbocycles. The van der Waals surface area contributed by atoms with Gasteiger partial charge in [-0.15, -0.1) is 0 Å². The lowest BCUT2D eigenvalue weighted by atomic mass is 9.97. The molecule has 1 aliphatic heterocycles. The van der Waals surface area contributed by atoms with Crippen LogP contribution >= 0.6 is 15.9 Å². The minimum atomic E-state index is -0.0757. The zero-order valence-electron chi connectivity index (χ0n) is 12.2. The Morgan fingerprint density at radius 3 is 2.75 bits per heavy atom. The smallest absolute Gasteiger partial charge is 0.128 e. The van der Waals surface area contributed by atoms with Crippen LogP contribution in [0.2, 0.25) is 0 Å². The van der Waals surface area contributed by atoms with Crippen LogP contribution in [0.4, 0.5) is 4.39 Å². The summed E-state index contributed by atoms with van der Waals surface area (Å²) >= 11 is 3.47. The molecule has 0 aromatic heterocycles. The number of nitrogens with one attached hydrogen (secondary N) is 1. The largest absolute Gasteiger partial charge is 0.314 e. The minimum Gasteiger partial charge on any atom is -0.314 e. The molecule has 1 aromatic carbocycles. The summed E-state index contributed by atoms with van der Waals surface area (Å²) in [6.07, 6.45) is 4.63. The molecule has 0 bridgehead atoms. The maximum atomic E-state index is 14.2. The second-order valence-corrected chi connectivity index (χ2v) is 6.38. The van der Waals surface area contributed by atoms with Crippen molar-refractivity contribution in [3.05, 3.63) is 34.1 Å². The van der Waals surface area contributed by atoms with Crippen LogP contribution in [0.15, 0.2) is 22.7 Å². The van der Waals surface area contributed by atoms with E-state index >= 15 is 0 Å². The summed E-state index contributed by atoms with van der Waals surface area (Å²) in [7, 11) is 0. The van der Waals surface area contributed by atoms with Crippen LogP contribution in [0.1, 0.15) is 44.2 Å². The second-order valence-electron chi connectivity index (χ2n) is 5.46. The van der Waals surface area contributed by atoms with E-state index in [1.54, 1.807) is 12.1 Å². The number of nitrogens with zero attached hydrogens (tertiary/aromatic N) is 1. The fourth-order valence-electron chi connectivity index (χ4n) is 2.89. The summed E-state index contributed by atoms with van der Waals surface area (Å²) < 4.78 is 15.2. The quantitative estimate of drug-likeness (QED) is 0.782. The molecule has 1 aromatic rings. The van der Waals surface area contributed by atoms with E-state index in [4.69, 9.17) is 0 Å². The Morgan fingerprint density at radius 2 is 2.05 bits per heavy atom. The highest BCUT2D eigenvalue weighted by Gasteiger charge is 2.24. The molecule has 1 atom stereocenters. The first kappa shape index (κ1) is 15.9. The van der Waals surface area contributed by atoms with Gasteiger partial charge in [-0.3, -0.25) is 4.90 Å². The van der Waals surface area contributed by atoms with Crippen LogP contribution in [0, 0.1) is 5.82 Å². The predicted octanol–water partition coefficient (Wildman–Crippen LogP) is 4.11. The SMILES string of the molecule is CCCCC[C@H](c1cc(Br)ccc1F)N1CCNCC1. The zero-order chi connectivity index (χ0) is 14.4. The maximum absolute atomic E-state index is 14.2. The fraction of sp³-hybridized carbons (Fsp3) is 0.625. The van der Waals surface area contributed by atoms with E-state index in [1.807, 2.05) is 6.07 Å². The number of halogens is 2. The van der Waals surface area contributed by atoms with Crippen LogP contribution in [-0.4, -0.2) is 31.1 Å². The fourth-order valence-corrected chi connectivity index (χ4v) is 3.27. The molecular weight excluding hydrogens is 319 g/mol. The predicted molar refractivity (Wildman–Crippen MR) is 85.4 cm³/mol. The van der Waals surface area contributed by atoms with Crippen molar-refractivity contribution in [1.29, 1.82) is 0 Å². The lowest BCUT2D eigenvalue weighted by Gasteiger charge is -2.35. The van der Waals surface area contributed by atoms with Gasteiger partial charge in [-0.1, -0.05) is 42.1 Å². The normalized spacial score (nSPS) is 18.1. The average Bonchev–Trinajstić information content (AvgIpc) is 2.48. The highest BCUT2D eigenvalue weighted by Crippen LogP contribution is 2.30. The van der Waals surface area contributed by atoms with E-state index in [0.717, 1.165) is 49.1 Å². The average molecular weight is 343 g/mol. The first-order valence-corrected chi connectivity index (χ1v) is 8.41. The van der Waals surface area contributed by atoms with Crippen LogP contribution in [0.25, 0.3) is 0 Å². The van der Waals surface area contributed by atoms with E-state index in [0.29, 0.717) is 0 Å². The Labute approximate surface area is 129 Å². The van der Waals surface area contributed by atoms with Crippen molar-refractivity contribution in [3.63, 3.8) is 0 Å². The van der Waals surface area contributed by atoms with Gasteiger partial charge in [-0.2, -0.15) is 0 Å². The number of piperazine rings is 1. The summed E-state index contributed by atoms with van der Waals surface area (Å²) in [5.74, 6) is -0.0757. The highest BCUT2D eigenvalue weighted by atomic mass is 79.9. The third kappa shape index (κ3) is 4.27. The van der Waals surface area contributed by atoms with Crippen molar-refractivity contribution < 1.29 is 4.39 Å². The Morgan fingerprint density at radius 1 is 1.30 bits per heavy atom. The molecule has 1 N–H and O–H groups in total. The van der Waals surface area contributed by atoms with Gasteiger partial charge in [-0.25, -0.2) is 4.39 Å². The first-order chi connectivity index (χ1) is 9.72. The number of benzene rings is 1. The zero-order valence-corrected chi connectivity index (χ0v) is 13.8. The molecule has 0 radical (unpaired) electrons. The van der Waals surface area contributed by atoms with Crippen molar-refractivity contribution in [3.8, 4) is 0 Å². The number of unbranched alkanes of at least 4 members (excludes halogenated alkanes) is 2. The summed E-state index contributed by atoms with van der Waals surface area (Å²) in [4.78, 5) is 2.43. The molecule has 20 heavy (non-hydrogen) atoms. The Kier molecular flexibility index (Phi) is 6.46. The van der Waals surface area contributed by atoms with Crippen molar-refractivity contribution in [2.24, 2.45) is 0 Å². The van der Waals surface area contributed by atoms with Gasteiger partial charge in [0, 0.05) is 42.3 Å². The Hall–Kier alpha value is -0.450. The van der Waals surface area contributed by atoms with E-state index in [2.05, 4.69) is 33.1 Å². The Bertz CT molecular complexity index is 419. The second kappa shape index (κ2) is 8.11. The number of hydrogen-bond acceptors (Lipinski definition) is 2. The number of hydrogen-bond donors (Lipinski definition) is 1. The van der Waals surface area contributed by atoms with Crippen molar-refractivity contribution in [2.75, 3.05) is 26.2 Å². The maximum Gasteiger partial charge on any atom is 0.128 e. The molecule has 2 rings (SSSR count). The molecule has 0 spiro atoms. The first-order valence-electron chi connectivity index (χ1n) is 7.62. The highest BCUT2D eigenvalue weighted by molar-refractivity contribution is 9.10.